The van der Waals surface area contributed by atoms with Gasteiger partial charge in [-0.05, 0) is 38.1 Å². The highest BCUT2D eigenvalue weighted by molar-refractivity contribution is 6.30. The predicted molar refractivity (Wildman–Crippen MR) is 87.2 cm³/mol. The number of carbonyl (C=O) groups is 3. The van der Waals surface area contributed by atoms with Crippen LogP contribution in [0.4, 0.5) is 0 Å². The normalized spacial score (nSPS) is 15.0. The van der Waals surface area contributed by atoms with E-state index in [1.165, 1.54) is 9.80 Å². The summed E-state index contributed by atoms with van der Waals surface area (Å²) in [5.74, 6) is -0.621. The Bertz CT molecular complexity index is 601. The molecule has 0 aliphatic carbocycles. The Morgan fingerprint density at radius 3 is 2.43 bits per heavy atom. The third-order valence-corrected chi connectivity index (χ3v) is 3.73. The zero-order chi connectivity index (χ0) is 17.0. The number of carbonyl (C=O) groups excluding carboxylic acids is 3. The first kappa shape index (κ1) is 17.3. The molecule has 1 aliphatic heterocycles. The molecule has 7 heteroatoms. The highest BCUT2D eigenvalue weighted by atomic mass is 35.5. The minimum absolute atomic E-state index is 0.0174. The quantitative estimate of drug-likeness (QED) is 0.896. The molecular weight excluding hydrogens is 318 g/mol. The van der Waals surface area contributed by atoms with Gasteiger partial charge in [-0.15, -0.1) is 0 Å². The summed E-state index contributed by atoms with van der Waals surface area (Å²) in [4.78, 5) is 39.2. The van der Waals surface area contributed by atoms with Gasteiger partial charge in [-0.25, -0.2) is 0 Å². The summed E-state index contributed by atoms with van der Waals surface area (Å²) in [5, 5.41) is 3.30. The molecule has 2 rings (SSSR count). The van der Waals surface area contributed by atoms with Crippen molar-refractivity contribution in [3.63, 3.8) is 0 Å². The number of nitrogens with one attached hydrogen (secondary N) is 1. The van der Waals surface area contributed by atoms with Gasteiger partial charge < -0.3 is 15.1 Å². The summed E-state index contributed by atoms with van der Waals surface area (Å²) < 4.78 is 0. The number of benzene rings is 1. The van der Waals surface area contributed by atoms with Crippen LogP contribution in [0.5, 0.6) is 0 Å². The van der Waals surface area contributed by atoms with E-state index < -0.39 is 0 Å². The first-order chi connectivity index (χ1) is 10.9. The molecule has 1 heterocycles. The lowest BCUT2D eigenvalue weighted by Gasteiger charge is -2.34. The molecule has 1 fully saturated rings. The lowest BCUT2D eigenvalue weighted by Crippen LogP contribution is -2.54. The molecule has 0 unspecified atom stereocenters. The Kier molecular flexibility index (Phi) is 5.60. The number of halogens is 1. The average molecular weight is 338 g/mol. The molecular formula is C16H20ClN3O3. The van der Waals surface area contributed by atoms with E-state index in [-0.39, 0.29) is 36.9 Å². The SMILES string of the molecule is CC(C)NC(=O)CN1CCN(C(=O)c2ccc(Cl)cc2)CC1=O. The lowest BCUT2D eigenvalue weighted by atomic mass is 10.2. The minimum Gasteiger partial charge on any atom is -0.352 e. The Hall–Kier alpha value is -2.08. The van der Waals surface area contributed by atoms with E-state index in [1.54, 1.807) is 24.3 Å². The van der Waals surface area contributed by atoms with E-state index >= 15 is 0 Å². The number of hydrogen-bond acceptors (Lipinski definition) is 3. The smallest absolute Gasteiger partial charge is 0.254 e. The molecule has 0 spiro atoms. The van der Waals surface area contributed by atoms with E-state index in [0.29, 0.717) is 23.7 Å². The number of rotatable bonds is 4. The van der Waals surface area contributed by atoms with E-state index in [9.17, 15) is 14.4 Å². The number of nitrogens with zero attached hydrogens (tertiary/aromatic N) is 2. The first-order valence-corrected chi connectivity index (χ1v) is 7.86. The van der Waals surface area contributed by atoms with Crippen LogP contribution < -0.4 is 5.32 Å². The minimum atomic E-state index is -0.225. The van der Waals surface area contributed by atoms with Crippen molar-refractivity contribution in [2.24, 2.45) is 0 Å². The van der Waals surface area contributed by atoms with Crippen molar-refractivity contribution >= 4 is 29.3 Å². The zero-order valence-corrected chi connectivity index (χ0v) is 14.0. The molecule has 0 saturated carbocycles. The van der Waals surface area contributed by atoms with Crippen molar-refractivity contribution in [2.75, 3.05) is 26.2 Å². The molecule has 1 aromatic carbocycles. The van der Waals surface area contributed by atoms with Crippen LogP contribution in [-0.4, -0.2) is 59.7 Å². The van der Waals surface area contributed by atoms with Gasteiger partial charge in [0.1, 0.15) is 6.54 Å². The van der Waals surface area contributed by atoms with Crippen molar-refractivity contribution < 1.29 is 14.4 Å². The van der Waals surface area contributed by atoms with Gasteiger partial charge >= 0.3 is 0 Å². The van der Waals surface area contributed by atoms with E-state index in [4.69, 9.17) is 11.6 Å². The molecule has 0 radical (unpaired) electrons. The van der Waals surface area contributed by atoms with Gasteiger partial charge in [0.2, 0.25) is 11.8 Å². The largest absolute Gasteiger partial charge is 0.352 e. The van der Waals surface area contributed by atoms with Gasteiger partial charge in [0.05, 0.1) is 6.54 Å². The number of amides is 3. The lowest BCUT2D eigenvalue weighted by molar-refractivity contribution is -0.139. The van der Waals surface area contributed by atoms with Crippen LogP contribution in [0.3, 0.4) is 0 Å². The summed E-state index contributed by atoms with van der Waals surface area (Å²) in [6, 6.07) is 6.59. The monoisotopic (exact) mass is 337 g/mol. The fourth-order valence-electron chi connectivity index (χ4n) is 2.37. The second kappa shape index (κ2) is 7.46. The Balaban J connectivity index is 1.93. The van der Waals surface area contributed by atoms with Crippen LogP contribution in [0, 0.1) is 0 Å². The van der Waals surface area contributed by atoms with E-state index in [0.717, 1.165) is 0 Å². The van der Waals surface area contributed by atoms with Crippen LogP contribution in [-0.2, 0) is 9.59 Å². The van der Waals surface area contributed by atoms with Gasteiger partial charge in [-0.1, -0.05) is 11.6 Å². The highest BCUT2D eigenvalue weighted by Crippen LogP contribution is 2.13. The van der Waals surface area contributed by atoms with E-state index in [2.05, 4.69) is 5.32 Å². The Morgan fingerprint density at radius 1 is 1.22 bits per heavy atom. The molecule has 1 N–H and O–H groups in total. The van der Waals surface area contributed by atoms with Crippen LogP contribution in [0.25, 0.3) is 0 Å². The van der Waals surface area contributed by atoms with Crippen molar-refractivity contribution in [2.45, 2.75) is 19.9 Å². The van der Waals surface area contributed by atoms with Crippen LogP contribution in [0.2, 0.25) is 5.02 Å². The molecule has 3 amide bonds. The Labute approximate surface area is 140 Å². The maximum atomic E-state index is 12.4. The van der Waals surface area contributed by atoms with Crippen LogP contribution in [0.15, 0.2) is 24.3 Å². The van der Waals surface area contributed by atoms with Gasteiger partial charge in [0.15, 0.2) is 0 Å². The van der Waals surface area contributed by atoms with Crippen molar-refractivity contribution in [1.29, 1.82) is 0 Å². The molecule has 6 nitrogen and oxygen atoms in total. The van der Waals surface area contributed by atoms with Crippen molar-refractivity contribution in [3.8, 4) is 0 Å². The summed E-state index contributed by atoms with van der Waals surface area (Å²) in [5.41, 5.74) is 0.494. The molecule has 1 aliphatic rings. The zero-order valence-electron chi connectivity index (χ0n) is 13.2. The van der Waals surface area contributed by atoms with Crippen LogP contribution >= 0.6 is 11.6 Å². The summed E-state index contributed by atoms with van der Waals surface area (Å²) >= 11 is 5.81. The molecule has 0 bridgehead atoms. The van der Waals surface area contributed by atoms with Gasteiger partial charge in [-0.2, -0.15) is 0 Å². The molecule has 23 heavy (non-hydrogen) atoms. The van der Waals surface area contributed by atoms with Crippen LogP contribution in [0.1, 0.15) is 24.2 Å². The molecule has 1 aromatic rings. The number of piperazine rings is 1. The maximum Gasteiger partial charge on any atom is 0.254 e. The summed E-state index contributed by atoms with van der Waals surface area (Å²) in [6.45, 7) is 4.49. The average Bonchev–Trinajstić information content (AvgIpc) is 2.48. The fourth-order valence-corrected chi connectivity index (χ4v) is 2.49. The topological polar surface area (TPSA) is 69.7 Å². The van der Waals surface area contributed by atoms with E-state index in [1.807, 2.05) is 13.8 Å². The summed E-state index contributed by atoms with van der Waals surface area (Å²) in [7, 11) is 0. The second-order valence-electron chi connectivity index (χ2n) is 5.77. The maximum absolute atomic E-state index is 12.4. The summed E-state index contributed by atoms with van der Waals surface area (Å²) in [6.07, 6.45) is 0. The van der Waals surface area contributed by atoms with Gasteiger partial charge in [-0.3, -0.25) is 14.4 Å². The molecule has 124 valence electrons. The third kappa shape index (κ3) is 4.69. The standard InChI is InChI=1S/C16H20ClN3O3/c1-11(2)18-14(21)9-19-7-8-20(10-15(19)22)16(23)12-3-5-13(17)6-4-12/h3-6,11H,7-10H2,1-2H3,(H,18,21). The van der Waals surface area contributed by atoms with Gasteiger partial charge in [0.25, 0.3) is 5.91 Å². The molecule has 0 atom stereocenters. The fraction of sp³-hybridized carbons (Fsp3) is 0.438. The second-order valence-corrected chi connectivity index (χ2v) is 6.21. The Morgan fingerprint density at radius 2 is 1.87 bits per heavy atom. The van der Waals surface area contributed by atoms with Gasteiger partial charge in [0, 0.05) is 29.7 Å². The predicted octanol–water partition coefficient (Wildman–Crippen LogP) is 1.15. The molecule has 0 aromatic heterocycles. The number of hydrogen-bond donors (Lipinski definition) is 1. The van der Waals surface area contributed by atoms with Crippen molar-refractivity contribution in [1.82, 2.24) is 15.1 Å². The third-order valence-electron chi connectivity index (χ3n) is 3.48. The molecule has 1 saturated heterocycles. The highest BCUT2D eigenvalue weighted by Gasteiger charge is 2.28. The van der Waals surface area contributed by atoms with Crippen molar-refractivity contribution in [3.05, 3.63) is 34.9 Å². The first-order valence-electron chi connectivity index (χ1n) is 7.49.